The molecular formula is C16H14BrN3O2. The Balaban J connectivity index is 1.78. The number of nitrogens with one attached hydrogen (secondary N) is 2. The van der Waals surface area contributed by atoms with Crippen molar-refractivity contribution >= 4 is 34.0 Å². The molecule has 0 saturated carbocycles. The number of amides is 2. The summed E-state index contributed by atoms with van der Waals surface area (Å²) >= 11 is 3.29. The number of carbonyl (C=O) groups is 2. The van der Waals surface area contributed by atoms with E-state index in [0.717, 1.165) is 10.0 Å². The average molecular weight is 360 g/mol. The highest BCUT2D eigenvalue weighted by molar-refractivity contribution is 9.10. The molecule has 6 heteroatoms. The monoisotopic (exact) mass is 359 g/mol. The second kappa shape index (κ2) is 8.09. The second-order valence-electron chi connectivity index (χ2n) is 4.40. The predicted molar refractivity (Wildman–Crippen MR) is 88.7 cm³/mol. The first-order chi connectivity index (χ1) is 10.6. The Bertz CT molecular complexity index is 687. The SMILES string of the molecule is O=C(CNC(=O)c1cccc(Br)c1)N/N=C/c1ccccc1. The van der Waals surface area contributed by atoms with Gasteiger partial charge in [0.05, 0.1) is 12.8 Å². The van der Waals surface area contributed by atoms with Crippen LogP contribution in [0.5, 0.6) is 0 Å². The van der Waals surface area contributed by atoms with Crippen molar-refractivity contribution in [2.75, 3.05) is 6.54 Å². The summed E-state index contributed by atoms with van der Waals surface area (Å²) in [6, 6.07) is 16.3. The molecule has 2 aromatic carbocycles. The number of hydrogen-bond donors (Lipinski definition) is 2. The number of hydrogen-bond acceptors (Lipinski definition) is 3. The fourth-order valence-electron chi connectivity index (χ4n) is 1.65. The zero-order chi connectivity index (χ0) is 15.8. The molecule has 0 aliphatic heterocycles. The van der Waals surface area contributed by atoms with Crippen molar-refractivity contribution in [3.05, 3.63) is 70.2 Å². The number of benzene rings is 2. The van der Waals surface area contributed by atoms with Crippen molar-refractivity contribution in [1.82, 2.24) is 10.7 Å². The van der Waals surface area contributed by atoms with Gasteiger partial charge in [0.1, 0.15) is 0 Å². The topological polar surface area (TPSA) is 70.6 Å². The van der Waals surface area contributed by atoms with E-state index in [4.69, 9.17) is 0 Å². The maximum Gasteiger partial charge on any atom is 0.259 e. The van der Waals surface area contributed by atoms with E-state index in [1.54, 1.807) is 18.2 Å². The molecule has 2 aromatic rings. The zero-order valence-corrected chi connectivity index (χ0v) is 13.2. The molecule has 0 fully saturated rings. The summed E-state index contributed by atoms with van der Waals surface area (Å²) in [5.74, 6) is -0.709. The molecule has 0 aromatic heterocycles. The third-order valence-corrected chi connectivity index (χ3v) is 3.19. The molecule has 22 heavy (non-hydrogen) atoms. The first-order valence-electron chi connectivity index (χ1n) is 6.56. The van der Waals surface area contributed by atoms with Crippen LogP contribution in [0.2, 0.25) is 0 Å². The summed E-state index contributed by atoms with van der Waals surface area (Å²) in [6.07, 6.45) is 1.54. The summed E-state index contributed by atoms with van der Waals surface area (Å²) in [5.41, 5.74) is 3.71. The van der Waals surface area contributed by atoms with Gasteiger partial charge in [0, 0.05) is 10.0 Å². The van der Waals surface area contributed by atoms with E-state index in [-0.39, 0.29) is 12.5 Å². The molecule has 2 amide bonds. The van der Waals surface area contributed by atoms with Gasteiger partial charge in [-0.3, -0.25) is 9.59 Å². The van der Waals surface area contributed by atoms with Crippen LogP contribution in [-0.2, 0) is 4.79 Å². The summed E-state index contributed by atoms with van der Waals surface area (Å²) in [7, 11) is 0. The highest BCUT2D eigenvalue weighted by Crippen LogP contribution is 2.11. The lowest BCUT2D eigenvalue weighted by Gasteiger charge is -2.04. The lowest BCUT2D eigenvalue weighted by molar-refractivity contribution is -0.120. The van der Waals surface area contributed by atoms with Gasteiger partial charge in [-0.2, -0.15) is 5.10 Å². The fourth-order valence-corrected chi connectivity index (χ4v) is 2.05. The minimum atomic E-state index is -0.393. The van der Waals surface area contributed by atoms with Crippen LogP contribution in [0, 0.1) is 0 Å². The summed E-state index contributed by atoms with van der Waals surface area (Å²) < 4.78 is 0.803. The van der Waals surface area contributed by atoms with Crippen molar-refractivity contribution in [2.24, 2.45) is 5.10 Å². The minimum absolute atomic E-state index is 0.141. The van der Waals surface area contributed by atoms with Gasteiger partial charge >= 0.3 is 0 Å². The molecule has 0 unspecified atom stereocenters. The van der Waals surface area contributed by atoms with Gasteiger partial charge < -0.3 is 5.32 Å². The van der Waals surface area contributed by atoms with Crippen LogP contribution in [0.4, 0.5) is 0 Å². The number of carbonyl (C=O) groups excluding carboxylic acids is 2. The fraction of sp³-hybridized carbons (Fsp3) is 0.0625. The molecule has 0 radical (unpaired) electrons. The highest BCUT2D eigenvalue weighted by atomic mass is 79.9. The first-order valence-corrected chi connectivity index (χ1v) is 7.35. The minimum Gasteiger partial charge on any atom is -0.343 e. The molecular weight excluding hydrogens is 346 g/mol. The molecule has 0 saturated heterocycles. The Labute approximate surface area is 136 Å². The average Bonchev–Trinajstić information content (AvgIpc) is 2.53. The molecule has 2 rings (SSSR count). The molecule has 0 aliphatic rings. The van der Waals surface area contributed by atoms with Crippen molar-refractivity contribution in [3.8, 4) is 0 Å². The van der Waals surface area contributed by atoms with Crippen molar-refractivity contribution in [3.63, 3.8) is 0 Å². The quantitative estimate of drug-likeness (QED) is 0.635. The number of rotatable bonds is 5. The molecule has 112 valence electrons. The van der Waals surface area contributed by atoms with Crippen LogP contribution in [-0.4, -0.2) is 24.6 Å². The van der Waals surface area contributed by atoms with Gasteiger partial charge in [-0.15, -0.1) is 0 Å². The van der Waals surface area contributed by atoms with Crippen LogP contribution in [0.1, 0.15) is 15.9 Å². The van der Waals surface area contributed by atoms with Gasteiger partial charge in [-0.05, 0) is 23.8 Å². The van der Waals surface area contributed by atoms with Gasteiger partial charge in [0.2, 0.25) is 0 Å². The van der Waals surface area contributed by atoms with Gasteiger partial charge in [-0.1, -0.05) is 52.3 Å². The van der Waals surface area contributed by atoms with Crippen LogP contribution in [0.3, 0.4) is 0 Å². The standard InChI is InChI=1S/C16H14BrN3O2/c17-14-8-4-7-13(9-14)16(22)18-11-15(21)20-19-10-12-5-2-1-3-6-12/h1-10H,11H2,(H,18,22)(H,20,21)/b19-10+. The van der Waals surface area contributed by atoms with E-state index in [1.165, 1.54) is 6.21 Å². The predicted octanol–water partition coefficient (Wildman–Crippen LogP) is 2.33. The summed E-state index contributed by atoms with van der Waals surface area (Å²) in [5, 5.41) is 6.35. The molecule has 0 spiro atoms. The maximum atomic E-state index is 11.8. The van der Waals surface area contributed by atoms with Crippen LogP contribution >= 0.6 is 15.9 Å². The highest BCUT2D eigenvalue weighted by Gasteiger charge is 2.07. The number of hydrazone groups is 1. The van der Waals surface area contributed by atoms with E-state index < -0.39 is 5.91 Å². The normalized spacial score (nSPS) is 10.4. The maximum absolute atomic E-state index is 11.8. The van der Waals surface area contributed by atoms with Gasteiger partial charge in [0.15, 0.2) is 0 Å². The Morgan fingerprint density at radius 1 is 1.09 bits per heavy atom. The Morgan fingerprint density at radius 3 is 2.59 bits per heavy atom. The van der Waals surface area contributed by atoms with E-state index in [9.17, 15) is 9.59 Å². The van der Waals surface area contributed by atoms with E-state index in [2.05, 4.69) is 31.8 Å². The molecule has 0 heterocycles. The number of nitrogens with zero attached hydrogens (tertiary/aromatic N) is 1. The summed E-state index contributed by atoms with van der Waals surface area (Å²) in [4.78, 5) is 23.4. The summed E-state index contributed by atoms with van der Waals surface area (Å²) in [6.45, 7) is -0.141. The molecule has 5 nitrogen and oxygen atoms in total. The smallest absolute Gasteiger partial charge is 0.259 e. The lowest BCUT2D eigenvalue weighted by atomic mass is 10.2. The van der Waals surface area contributed by atoms with Crippen LogP contribution < -0.4 is 10.7 Å². The molecule has 0 atom stereocenters. The van der Waals surface area contributed by atoms with E-state index >= 15 is 0 Å². The van der Waals surface area contributed by atoms with Crippen molar-refractivity contribution < 1.29 is 9.59 Å². The Morgan fingerprint density at radius 2 is 1.86 bits per heavy atom. The molecule has 0 aliphatic carbocycles. The van der Waals surface area contributed by atoms with Gasteiger partial charge in [-0.25, -0.2) is 5.43 Å². The third kappa shape index (κ3) is 5.14. The second-order valence-corrected chi connectivity index (χ2v) is 5.31. The van der Waals surface area contributed by atoms with Gasteiger partial charge in [0.25, 0.3) is 11.8 Å². The molecule has 2 N–H and O–H groups in total. The van der Waals surface area contributed by atoms with E-state index in [1.807, 2.05) is 36.4 Å². The third-order valence-electron chi connectivity index (χ3n) is 2.70. The molecule has 0 bridgehead atoms. The largest absolute Gasteiger partial charge is 0.343 e. The Kier molecular flexibility index (Phi) is 5.85. The van der Waals surface area contributed by atoms with Crippen molar-refractivity contribution in [2.45, 2.75) is 0 Å². The van der Waals surface area contributed by atoms with Crippen molar-refractivity contribution in [1.29, 1.82) is 0 Å². The zero-order valence-electron chi connectivity index (χ0n) is 11.6. The van der Waals surface area contributed by atoms with Crippen LogP contribution in [0.15, 0.2) is 64.2 Å². The lowest BCUT2D eigenvalue weighted by Crippen LogP contribution is -2.34. The first kappa shape index (κ1) is 15.9. The Hall–Kier alpha value is -2.47. The number of halogens is 1. The van der Waals surface area contributed by atoms with E-state index in [0.29, 0.717) is 5.56 Å². The van der Waals surface area contributed by atoms with Crippen LogP contribution in [0.25, 0.3) is 0 Å².